The van der Waals surface area contributed by atoms with Crippen LogP contribution in [0.2, 0.25) is 0 Å². The molecule has 0 amide bonds. The first-order chi connectivity index (χ1) is 13.0. The Labute approximate surface area is 170 Å². The van der Waals surface area contributed by atoms with Crippen LogP contribution in [0, 0.1) is 11.3 Å². The SMILES string of the molecule is CC(C)(C#N)c1cc(Br)cc(N(Cc2ccccc2)Cc2ccccc2)c1. The summed E-state index contributed by atoms with van der Waals surface area (Å²) in [4.78, 5) is 2.35. The zero-order chi connectivity index (χ0) is 19.3. The van der Waals surface area contributed by atoms with E-state index in [1.54, 1.807) is 0 Å². The molecule has 0 radical (unpaired) electrons. The fourth-order valence-electron chi connectivity index (χ4n) is 3.03. The van der Waals surface area contributed by atoms with Crippen molar-refractivity contribution in [2.24, 2.45) is 0 Å². The van der Waals surface area contributed by atoms with Gasteiger partial charge in [0, 0.05) is 23.2 Å². The van der Waals surface area contributed by atoms with E-state index < -0.39 is 5.41 Å². The van der Waals surface area contributed by atoms with Crippen molar-refractivity contribution in [2.45, 2.75) is 32.4 Å². The highest BCUT2D eigenvalue weighted by molar-refractivity contribution is 9.10. The maximum absolute atomic E-state index is 9.56. The van der Waals surface area contributed by atoms with Gasteiger partial charge in [0.1, 0.15) is 0 Å². The van der Waals surface area contributed by atoms with Gasteiger partial charge in [0.25, 0.3) is 0 Å². The third-order valence-corrected chi connectivity index (χ3v) is 5.14. The highest BCUT2D eigenvalue weighted by atomic mass is 79.9. The van der Waals surface area contributed by atoms with E-state index in [0.717, 1.165) is 28.8 Å². The summed E-state index contributed by atoms with van der Waals surface area (Å²) in [6, 6.07) is 29.7. The fourth-order valence-corrected chi connectivity index (χ4v) is 3.51. The van der Waals surface area contributed by atoms with Crippen LogP contribution in [-0.4, -0.2) is 0 Å². The molecule has 0 aromatic heterocycles. The number of hydrogen-bond acceptors (Lipinski definition) is 2. The van der Waals surface area contributed by atoms with Gasteiger partial charge in [-0.1, -0.05) is 76.6 Å². The van der Waals surface area contributed by atoms with Crippen LogP contribution in [0.25, 0.3) is 0 Å². The van der Waals surface area contributed by atoms with E-state index >= 15 is 0 Å². The van der Waals surface area contributed by atoms with Crippen LogP contribution in [0.1, 0.15) is 30.5 Å². The number of rotatable bonds is 6. The minimum Gasteiger partial charge on any atom is -0.363 e. The molecule has 136 valence electrons. The van der Waals surface area contributed by atoms with Crippen molar-refractivity contribution in [2.75, 3.05) is 4.90 Å². The van der Waals surface area contributed by atoms with Gasteiger partial charge in [0.2, 0.25) is 0 Å². The zero-order valence-electron chi connectivity index (χ0n) is 15.7. The molecule has 27 heavy (non-hydrogen) atoms. The van der Waals surface area contributed by atoms with E-state index in [2.05, 4.69) is 87.6 Å². The van der Waals surface area contributed by atoms with Gasteiger partial charge in [-0.3, -0.25) is 0 Å². The Morgan fingerprint density at radius 1 is 0.852 bits per heavy atom. The van der Waals surface area contributed by atoms with Gasteiger partial charge >= 0.3 is 0 Å². The lowest BCUT2D eigenvalue weighted by Crippen LogP contribution is -2.23. The van der Waals surface area contributed by atoms with Crippen molar-refractivity contribution in [3.8, 4) is 6.07 Å². The minimum absolute atomic E-state index is 0.538. The van der Waals surface area contributed by atoms with Gasteiger partial charge in [0.05, 0.1) is 11.5 Å². The molecule has 0 aliphatic carbocycles. The Morgan fingerprint density at radius 3 is 1.85 bits per heavy atom. The Hall–Kier alpha value is -2.57. The van der Waals surface area contributed by atoms with Gasteiger partial charge < -0.3 is 4.90 Å². The Bertz CT molecular complexity index is 886. The molecule has 0 N–H and O–H groups in total. The molecular formula is C24H23BrN2. The molecular weight excluding hydrogens is 396 g/mol. The van der Waals surface area contributed by atoms with Crippen molar-refractivity contribution in [3.63, 3.8) is 0 Å². The lowest BCUT2D eigenvalue weighted by atomic mass is 9.86. The van der Waals surface area contributed by atoms with Crippen LogP contribution >= 0.6 is 15.9 Å². The summed E-state index contributed by atoms with van der Waals surface area (Å²) in [6.07, 6.45) is 0. The highest BCUT2D eigenvalue weighted by Gasteiger charge is 2.22. The molecule has 0 heterocycles. The summed E-state index contributed by atoms with van der Waals surface area (Å²) in [5.41, 5.74) is 4.10. The number of halogens is 1. The molecule has 0 unspecified atom stereocenters. The van der Waals surface area contributed by atoms with Crippen LogP contribution < -0.4 is 4.90 Å². The van der Waals surface area contributed by atoms with Crippen LogP contribution in [0.4, 0.5) is 5.69 Å². The molecule has 0 spiro atoms. The second-order valence-corrected chi connectivity index (χ2v) is 8.18. The zero-order valence-corrected chi connectivity index (χ0v) is 17.3. The van der Waals surface area contributed by atoms with E-state index in [-0.39, 0.29) is 0 Å². The van der Waals surface area contributed by atoms with Gasteiger partial charge in [-0.15, -0.1) is 0 Å². The second kappa shape index (κ2) is 8.41. The molecule has 0 saturated carbocycles. The molecule has 2 nitrogen and oxygen atoms in total. The number of nitriles is 1. The Kier molecular flexibility index (Phi) is 5.98. The first-order valence-electron chi connectivity index (χ1n) is 9.03. The molecule has 0 atom stereocenters. The van der Waals surface area contributed by atoms with E-state index in [0.29, 0.717) is 0 Å². The van der Waals surface area contributed by atoms with Gasteiger partial charge in [-0.05, 0) is 48.7 Å². The number of benzene rings is 3. The molecule has 3 aromatic carbocycles. The van der Waals surface area contributed by atoms with E-state index in [1.165, 1.54) is 11.1 Å². The molecule has 0 aliphatic heterocycles. The van der Waals surface area contributed by atoms with Crippen LogP contribution in [0.15, 0.2) is 83.3 Å². The van der Waals surface area contributed by atoms with Crippen molar-refractivity contribution < 1.29 is 0 Å². The molecule has 0 bridgehead atoms. The average Bonchev–Trinajstić information content (AvgIpc) is 2.68. The Balaban J connectivity index is 2.00. The van der Waals surface area contributed by atoms with Crippen molar-refractivity contribution in [1.82, 2.24) is 0 Å². The van der Waals surface area contributed by atoms with Crippen LogP contribution in [0.3, 0.4) is 0 Å². The maximum Gasteiger partial charge on any atom is 0.0767 e. The lowest BCUT2D eigenvalue weighted by molar-refractivity contribution is 0.684. The summed E-state index contributed by atoms with van der Waals surface area (Å²) in [5, 5.41) is 9.56. The minimum atomic E-state index is -0.538. The van der Waals surface area contributed by atoms with Gasteiger partial charge in [-0.2, -0.15) is 5.26 Å². The molecule has 3 aromatic rings. The largest absolute Gasteiger partial charge is 0.363 e. The topological polar surface area (TPSA) is 27.0 Å². The smallest absolute Gasteiger partial charge is 0.0767 e. The van der Waals surface area contributed by atoms with Crippen LogP contribution in [-0.2, 0) is 18.5 Å². The van der Waals surface area contributed by atoms with Gasteiger partial charge in [-0.25, -0.2) is 0 Å². The number of nitrogens with zero attached hydrogens (tertiary/aromatic N) is 2. The highest BCUT2D eigenvalue weighted by Crippen LogP contribution is 2.32. The monoisotopic (exact) mass is 418 g/mol. The summed E-state index contributed by atoms with van der Waals surface area (Å²) >= 11 is 3.64. The van der Waals surface area contributed by atoms with Gasteiger partial charge in [0.15, 0.2) is 0 Å². The van der Waals surface area contributed by atoms with Crippen LogP contribution in [0.5, 0.6) is 0 Å². The third kappa shape index (κ3) is 4.99. The summed E-state index contributed by atoms with van der Waals surface area (Å²) in [6.45, 7) is 5.52. The normalized spacial score (nSPS) is 11.0. The standard InChI is InChI=1S/C24H23BrN2/c1-24(2,18-26)21-13-22(25)15-23(14-21)27(16-19-9-5-3-6-10-19)17-20-11-7-4-8-12-20/h3-15H,16-17H2,1-2H3. The number of anilines is 1. The first kappa shape index (κ1) is 19.2. The maximum atomic E-state index is 9.56. The average molecular weight is 419 g/mol. The quantitative estimate of drug-likeness (QED) is 0.459. The summed E-state index contributed by atoms with van der Waals surface area (Å²) in [7, 11) is 0. The van der Waals surface area contributed by atoms with Crippen molar-refractivity contribution >= 4 is 21.6 Å². The molecule has 0 aliphatic rings. The number of hydrogen-bond donors (Lipinski definition) is 0. The predicted molar refractivity (Wildman–Crippen MR) is 116 cm³/mol. The fraction of sp³-hybridized carbons (Fsp3) is 0.208. The van der Waals surface area contributed by atoms with E-state index in [1.807, 2.05) is 32.0 Å². The van der Waals surface area contributed by atoms with E-state index in [9.17, 15) is 5.26 Å². The first-order valence-corrected chi connectivity index (χ1v) is 9.82. The van der Waals surface area contributed by atoms with E-state index in [4.69, 9.17) is 0 Å². The summed E-state index contributed by atoms with van der Waals surface area (Å²) in [5.74, 6) is 0. The predicted octanol–water partition coefficient (Wildman–Crippen LogP) is 6.46. The molecule has 0 fully saturated rings. The third-order valence-electron chi connectivity index (χ3n) is 4.68. The lowest BCUT2D eigenvalue weighted by Gasteiger charge is -2.27. The van der Waals surface area contributed by atoms with Crippen molar-refractivity contribution in [1.29, 1.82) is 5.26 Å². The molecule has 0 saturated heterocycles. The summed E-state index contributed by atoms with van der Waals surface area (Å²) < 4.78 is 0.990. The van der Waals surface area contributed by atoms with Crippen molar-refractivity contribution in [3.05, 3.63) is 100 Å². The molecule has 3 heteroatoms. The second-order valence-electron chi connectivity index (χ2n) is 7.26. The Morgan fingerprint density at radius 2 is 1.37 bits per heavy atom. The molecule has 3 rings (SSSR count).